The van der Waals surface area contributed by atoms with Gasteiger partial charge in [0.05, 0.1) is 5.69 Å². The van der Waals surface area contributed by atoms with Crippen molar-refractivity contribution in [3.63, 3.8) is 0 Å². The van der Waals surface area contributed by atoms with Crippen molar-refractivity contribution in [2.45, 2.75) is 27.3 Å². The molecule has 0 amide bonds. The molecule has 0 bridgehead atoms. The first-order valence-corrected chi connectivity index (χ1v) is 6.99. The fourth-order valence-corrected chi connectivity index (χ4v) is 2.28. The van der Waals surface area contributed by atoms with E-state index in [9.17, 15) is 19.5 Å². The molecule has 1 aromatic heterocycles. The third kappa shape index (κ3) is 2.72. The molecule has 6 heteroatoms. The third-order valence-corrected chi connectivity index (χ3v) is 3.23. The summed E-state index contributed by atoms with van der Waals surface area (Å²) in [5.41, 5.74) is -1.48. The van der Waals surface area contributed by atoms with Crippen LogP contribution in [-0.4, -0.2) is 20.0 Å². The Morgan fingerprint density at radius 2 is 1.77 bits per heavy atom. The van der Waals surface area contributed by atoms with Crippen LogP contribution in [0, 0.1) is 5.92 Å². The summed E-state index contributed by atoms with van der Waals surface area (Å²) in [5.74, 6) is -1.08. The highest BCUT2D eigenvalue weighted by atomic mass is 16.3. The summed E-state index contributed by atoms with van der Waals surface area (Å²) in [6.45, 7) is 5.14. The number of aromatic hydroxyl groups is 1. The van der Waals surface area contributed by atoms with E-state index in [0.29, 0.717) is 5.69 Å². The largest absolute Gasteiger partial charge is 0.494 e. The number of Topliss-reactive ketones (excluding diaryl/α,β-unsaturated/α-hetero) is 1. The Bertz CT molecular complexity index is 817. The Kier molecular flexibility index (Phi) is 4.30. The van der Waals surface area contributed by atoms with Crippen molar-refractivity contribution >= 4 is 5.78 Å². The van der Waals surface area contributed by atoms with Gasteiger partial charge in [0.25, 0.3) is 5.56 Å². The van der Waals surface area contributed by atoms with Crippen LogP contribution in [0.3, 0.4) is 0 Å². The molecule has 0 unspecified atom stereocenters. The molecule has 0 aliphatic heterocycles. The van der Waals surface area contributed by atoms with Gasteiger partial charge in [0.15, 0.2) is 5.78 Å². The SMILES string of the molecule is CC(=O)c1c(O)n(CC(C)C)c(=O)n(-c2ccccc2)c1=O. The summed E-state index contributed by atoms with van der Waals surface area (Å²) in [6.07, 6.45) is 0. The molecule has 0 fully saturated rings. The van der Waals surface area contributed by atoms with Gasteiger partial charge in [-0.1, -0.05) is 32.0 Å². The summed E-state index contributed by atoms with van der Waals surface area (Å²) in [7, 11) is 0. The lowest BCUT2D eigenvalue weighted by Crippen LogP contribution is -2.42. The third-order valence-electron chi connectivity index (χ3n) is 3.23. The zero-order valence-electron chi connectivity index (χ0n) is 12.7. The maximum absolute atomic E-state index is 12.6. The van der Waals surface area contributed by atoms with Gasteiger partial charge < -0.3 is 5.11 Å². The number of ketones is 1. The van der Waals surface area contributed by atoms with Crippen LogP contribution in [0.15, 0.2) is 39.9 Å². The highest BCUT2D eigenvalue weighted by Crippen LogP contribution is 2.14. The van der Waals surface area contributed by atoms with E-state index in [2.05, 4.69) is 0 Å². The van der Waals surface area contributed by atoms with Crippen molar-refractivity contribution in [3.05, 3.63) is 56.7 Å². The summed E-state index contributed by atoms with van der Waals surface area (Å²) in [4.78, 5) is 36.8. The van der Waals surface area contributed by atoms with E-state index in [1.807, 2.05) is 13.8 Å². The number of carbonyl (C=O) groups excluding carboxylic acids is 1. The molecule has 0 spiro atoms. The standard InChI is InChI=1S/C16H18N2O4/c1-10(2)9-17-14(20)13(11(3)19)15(21)18(16(17)22)12-7-5-4-6-8-12/h4-8,10,20H,9H2,1-3H3. The van der Waals surface area contributed by atoms with Crippen molar-refractivity contribution in [1.29, 1.82) is 0 Å². The predicted octanol–water partition coefficient (Wildman–Crippen LogP) is 1.56. The maximum Gasteiger partial charge on any atom is 0.338 e. The molecule has 1 aromatic carbocycles. The van der Waals surface area contributed by atoms with E-state index in [-0.39, 0.29) is 18.0 Å². The summed E-state index contributed by atoms with van der Waals surface area (Å²) >= 11 is 0. The minimum absolute atomic E-state index is 0.0603. The molecule has 0 aliphatic rings. The fraction of sp³-hybridized carbons (Fsp3) is 0.312. The van der Waals surface area contributed by atoms with E-state index >= 15 is 0 Å². The second kappa shape index (κ2) is 6.01. The minimum Gasteiger partial charge on any atom is -0.494 e. The average Bonchev–Trinajstić information content (AvgIpc) is 2.44. The lowest BCUT2D eigenvalue weighted by molar-refractivity contribution is 0.101. The zero-order chi connectivity index (χ0) is 16.4. The van der Waals surface area contributed by atoms with Crippen LogP contribution in [0.25, 0.3) is 5.69 Å². The molecule has 0 atom stereocenters. The Morgan fingerprint density at radius 1 is 1.18 bits per heavy atom. The van der Waals surface area contributed by atoms with Gasteiger partial charge in [-0.15, -0.1) is 0 Å². The van der Waals surface area contributed by atoms with Crippen molar-refractivity contribution in [2.24, 2.45) is 5.92 Å². The normalized spacial score (nSPS) is 10.9. The molecule has 0 radical (unpaired) electrons. The summed E-state index contributed by atoms with van der Waals surface area (Å²) < 4.78 is 1.98. The number of hydrogen-bond acceptors (Lipinski definition) is 4. The number of aromatic nitrogens is 2. The van der Waals surface area contributed by atoms with Gasteiger partial charge in [0.2, 0.25) is 5.88 Å². The van der Waals surface area contributed by atoms with Crippen LogP contribution in [-0.2, 0) is 6.54 Å². The quantitative estimate of drug-likeness (QED) is 0.869. The second-order valence-corrected chi connectivity index (χ2v) is 5.52. The molecule has 6 nitrogen and oxygen atoms in total. The summed E-state index contributed by atoms with van der Waals surface area (Å²) in [6, 6.07) is 8.34. The first-order chi connectivity index (χ1) is 10.3. The molecule has 116 valence electrons. The van der Waals surface area contributed by atoms with E-state index < -0.39 is 22.9 Å². The first kappa shape index (κ1) is 15.8. The molecule has 1 heterocycles. The van der Waals surface area contributed by atoms with Crippen LogP contribution < -0.4 is 11.2 Å². The van der Waals surface area contributed by atoms with Crippen LogP contribution in [0.2, 0.25) is 0 Å². The molecule has 1 N–H and O–H groups in total. The monoisotopic (exact) mass is 302 g/mol. The zero-order valence-corrected chi connectivity index (χ0v) is 12.7. The van der Waals surface area contributed by atoms with E-state index in [4.69, 9.17) is 0 Å². The molecule has 0 saturated heterocycles. The van der Waals surface area contributed by atoms with Gasteiger partial charge in [-0.05, 0) is 25.0 Å². The summed E-state index contributed by atoms with van der Waals surface area (Å²) in [5, 5.41) is 10.2. The number of benzene rings is 1. The predicted molar refractivity (Wildman–Crippen MR) is 82.8 cm³/mol. The molecule has 2 aromatic rings. The number of nitrogens with zero attached hydrogens (tertiary/aromatic N) is 2. The number of para-hydroxylation sites is 1. The van der Waals surface area contributed by atoms with Gasteiger partial charge in [0.1, 0.15) is 5.56 Å². The Morgan fingerprint density at radius 3 is 2.27 bits per heavy atom. The van der Waals surface area contributed by atoms with Gasteiger partial charge in [-0.3, -0.25) is 14.2 Å². The lowest BCUT2D eigenvalue weighted by Gasteiger charge is -2.16. The van der Waals surface area contributed by atoms with Crippen LogP contribution in [0.5, 0.6) is 5.88 Å². The second-order valence-electron chi connectivity index (χ2n) is 5.52. The molecule has 0 saturated carbocycles. The van der Waals surface area contributed by atoms with Gasteiger partial charge in [-0.25, -0.2) is 9.36 Å². The molecular formula is C16H18N2O4. The van der Waals surface area contributed by atoms with Crippen molar-refractivity contribution in [2.75, 3.05) is 0 Å². The maximum atomic E-state index is 12.6. The van der Waals surface area contributed by atoms with E-state index in [1.165, 1.54) is 6.92 Å². The molecule has 22 heavy (non-hydrogen) atoms. The lowest BCUT2D eigenvalue weighted by atomic mass is 10.2. The van der Waals surface area contributed by atoms with Crippen molar-refractivity contribution in [1.82, 2.24) is 9.13 Å². The Labute approximate surface area is 127 Å². The smallest absolute Gasteiger partial charge is 0.338 e. The van der Waals surface area contributed by atoms with Gasteiger partial charge in [0, 0.05) is 6.54 Å². The molecular weight excluding hydrogens is 284 g/mol. The van der Waals surface area contributed by atoms with E-state index in [1.54, 1.807) is 30.3 Å². The first-order valence-electron chi connectivity index (χ1n) is 6.99. The van der Waals surface area contributed by atoms with Crippen molar-refractivity contribution in [3.8, 4) is 11.6 Å². The minimum atomic E-state index is -0.804. The Hall–Kier alpha value is -2.63. The van der Waals surface area contributed by atoms with Crippen LogP contribution >= 0.6 is 0 Å². The number of rotatable bonds is 4. The molecule has 0 aliphatic carbocycles. The molecule has 2 rings (SSSR count). The van der Waals surface area contributed by atoms with Crippen LogP contribution in [0.1, 0.15) is 31.1 Å². The van der Waals surface area contributed by atoms with Crippen molar-refractivity contribution < 1.29 is 9.90 Å². The van der Waals surface area contributed by atoms with Gasteiger partial charge >= 0.3 is 5.69 Å². The van der Waals surface area contributed by atoms with Gasteiger partial charge in [-0.2, -0.15) is 0 Å². The average molecular weight is 302 g/mol. The van der Waals surface area contributed by atoms with Crippen LogP contribution in [0.4, 0.5) is 0 Å². The number of carbonyl (C=O) groups is 1. The fourth-order valence-electron chi connectivity index (χ4n) is 2.28. The Balaban J connectivity index is 2.90. The highest BCUT2D eigenvalue weighted by Gasteiger charge is 2.22. The van der Waals surface area contributed by atoms with E-state index in [0.717, 1.165) is 9.13 Å². The topological polar surface area (TPSA) is 81.3 Å². The number of hydrogen-bond donors (Lipinski definition) is 1. The highest BCUT2D eigenvalue weighted by molar-refractivity contribution is 5.95.